The van der Waals surface area contributed by atoms with Gasteiger partial charge in [-0.1, -0.05) is 30.3 Å². The Balaban J connectivity index is 2.10. The normalized spacial score (nSPS) is 12.5. The molecular formula is C20H22N2O5S. The summed E-state index contributed by atoms with van der Waals surface area (Å²) in [6.07, 6.45) is 0.141. The summed E-state index contributed by atoms with van der Waals surface area (Å²) in [7, 11) is -0.0870. The number of anilines is 1. The van der Waals surface area contributed by atoms with Crippen molar-refractivity contribution in [2.45, 2.75) is 24.3 Å². The number of carbonyl (C=O) groups is 3. The number of methoxy groups -OCH3 is 1. The molecule has 2 atom stereocenters. The van der Waals surface area contributed by atoms with E-state index in [1.54, 1.807) is 42.5 Å². The van der Waals surface area contributed by atoms with Gasteiger partial charge in [-0.25, -0.2) is 4.79 Å². The highest BCUT2D eigenvalue weighted by Gasteiger charge is 2.24. The fourth-order valence-corrected chi connectivity index (χ4v) is 3.67. The fraction of sp³-hybridized carbons (Fsp3) is 0.250. The molecule has 2 rings (SSSR count). The van der Waals surface area contributed by atoms with E-state index in [0.29, 0.717) is 10.6 Å². The zero-order valence-electron chi connectivity index (χ0n) is 15.6. The van der Waals surface area contributed by atoms with E-state index in [4.69, 9.17) is 4.74 Å². The van der Waals surface area contributed by atoms with E-state index in [1.807, 2.05) is 6.07 Å². The molecule has 0 radical (unpaired) electrons. The molecule has 2 amide bonds. The molecule has 0 saturated heterocycles. The molecule has 7 nitrogen and oxygen atoms in total. The number of esters is 1. The Morgan fingerprint density at radius 1 is 1.04 bits per heavy atom. The summed E-state index contributed by atoms with van der Waals surface area (Å²) in [5.41, 5.74) is 0.555. The molecule has 0 unspecified atom stereocenters. The van der Waals surface area contributed by atoms with E-state index in [0.717, 1.165) is 0 Å². The number of ether oxygens (including phenoxy) is 1. The monoisotopic (exact) mass is 402 g/mol. The third-order valence-electron chi connectivity index (χ3n) is 3.87. The second-order valence-electron chi connectivity index (χ2n) is 5.93. The van der Waals surface area contributed by atoms with Crippen LogP contribution in [0, 0.1) is 0 Å². The second kappa shape index (κ2) is 10.4. The van der Waals surface area contributed by atoms with Gasteiger partial charge in [-0.05, 0) is 30.7 Å². The minimum absolute atomic E-state index is 0.141. The zero-order chi connectivity index (χ0) is 20.5. The molecule has 0 spiro atoms. The van der Waals surface area contributed by atoms with Crippen LogP contribution in [0.1, 0.15) is 23.7 Å². The number of nitrogens with one attached hydrogen (secondary N) is 2. The van der Waals surface area contributed by atoms with Crippen LogP contribution in [0.5, 0.6) is 0 Å². The van der Waals surface area contributed by atoms with Crippen molar-refractivity contribution in [2.75, 3.05) is 18.2 Å². The van der Waals surface area contributed by atoms with Crippen molar-refractivity contribution in [2.24, 2.45) is 0 Å². The number of carbonyl (C=O) groups excluding carboxylic acids is 3. The molecule has 28 heavy (non-hydrogen) atoms. The molecule has 0 saturated carbocycles. The Labute approximate surface area is 165 Å². The number of hydrogen-bond acceptors (Lipinski definition) is 5. The number of amides is 2. The van der Waals surface area contributed by atoms with E-state index < -0.39 is 28.7 Å². The topological polar surface area (TPSA) is 102 Å². The maximum Gasteiger partial charge on any atom is 0.328 e. The number of rotatable bonds is 8. The van der Waals surface area contributed by atoms with Gasteiger partial charge < -0.3 is 15.4 Å². The van der Waals surface area contributed by atoms with Crippen molar-refractivity contribution >= 4 is 34.3 Å². The number of hydrogen-bond donors (Lipinski definition) is 2. The van der Waals surface area contributed by atoms with E-state index in [9.17, 15) is 18.6 Å². The van der Waals surface area contributed by atoms with Crippen LogP contribution in [-0.2, 0) is 25.1 Å². The summed E-state index contributed by atoms with van der Waals surface area (Å²) in [5, 5.41) is 5.18. The standard InChI is InChI=1S/C20H22N2O5S/c1-14(23)21-17-11-7-6-10-16(17)19(24)22-18(20(25)27-2)12-13-28(26)15-8-4-3-5-9-15/h3-11,18H,12-13H2,1-2H3,(H,21,23)(H,22,24)/t18-,28+/m1/s1. The summed E-state index contributed by atoms with van der Waals surface area (Å²) < 4.78 is 17.1. The lowest BCUT2D eigenvalue weighted by Gasteiger charge is -2.17. The van der Waals surface area contributed by atoms with Crippen LogP contribution in [0.15, 0.2) is 59.5 Å². The predicted octanol–water partition coefficient (Wildman–Crippen LogP) is 2.11. The van der Waals surface area contributed by atoms with Crippen LogP contribution >= 0.6 is 0 Å². The smallest absolute Gasteiger partial charge is 0.328 e. The maximum atomic E-state index is 12.6. The number of benzene rings is 2. The van der Waals surface area contributed by atoms with Gasteiger partial charge in [-0.2, -0.15) is 0 Å². The molecule has 0 fully saturated rings. The Morgan fingerprint density at radius 2 is 1.68 bits per heavy atom. The predicted molar refractivity (Wildman–Crippen MR) is 106 cm³/mol. The first-order valence-electron chi connectivity index (χ1n) is 8.61. The first kappa shape index (κ1) is 21.3. The molecular weight excluding hydrogens is 380 g/mol. The fourth-order valence-electron chi connectivity index (χ4n) is 2.52. The average Bonchev–Trinajstić information content (AvgIpc) is 2.70. The van der Waals surface area contributed by atoms with E-state index in [2.05, 4.69) is 10.6 Å². The summed E-state index contributed by atoms with van der Waals surface area (Å²) in [6.45, 7) is 1.34. The molecule has 148 valence electrons. The summed E-state index contributed by atoms with van der Waals surface area (Å²) in [5.74, 6) is -1.30. The highest BCUT2D eigenvalue weighted by atomic mass is 32.2. The van der Waals surface area contributed by atoms with E-state index in [-0.39, 0.29) is 23.6 Å². The van der Waals surface area contributed by atoms with Crippen molar-refractivity contribution < 1.29 is 23.3 Å². The average molecular weight is 402 g/mol. The van der Waals surface area contributed by atoms with Crippen molar-refractivity contribution in [3.8, 4) is 0 Å². The molecule has 2 N–H and O–H groups in total. The van der Waals surface area contributed by atoms with Gasteiger partial charge in [0.05, 0.1) is 29.2 Å². The molecule has 0 aliphatic rings. The van der Waals surface area contributed by atoms with Gasteiger partial charge in [0.2, 0.25) is 5.91 Å². The van der Waals surface area contributed by atoms with Crippen LogP contribution in [0.25, 0.3) is 0 Å². The van der Waals surface area contributed by atoms with Gasteiger partial charge in [0.1, 0.15) is 6.04 Å². The lowest BCUT2D eigenvalue weighted by Crippen LogP contribution is -2.42. The second-order valence-corrected chi connectivity index (χ2v) is 7.50. The quantitative estimate of drug-likeness (QED) is 0.659. The molecule has 2 aromatic carbocycles. The van der Waals surface area contributed by atoms with Crippen molar-refractivity contribution in [3.63, 3.8) is 0 Å². The lowest BCUT2D eigenvalue weighted by atomic mass is 10.1. The third kappa shape index (κ3) is 6.02. The van der Waals surface area contributed by atoms with Gasteiger partial charge in [0.25, 0.3) is 5.91 Å². The molecule has 2 aromatic rings. The van der Waals surface area contributed by atoms with Crippen LogP contribution in [0.2, 0.25) is 0 Å². The van der Waals surface area contributed by atoms with Crippen LogP contribution < -0.4 is 10.6 Å². The minimum atomic E-state index is -1.31. The Hall–Kier alpha value is -3.00. The molecule has 0 aromatic heterocycles. The highest BCUT2D eigenvalue weighted by Crippen LogP contribution is 2.16. The first-order valence-corrected chi connectivity index (χ1v) is 9.93. The van der Waals surface area contributed by atoms with Crippen molar-refractivity contribution in [3.05, 3.63) is 60.2 Å². The maximum absolute atomic E-state index is 12.6. The Kier molecular flexibility index (Phi) is 7.88. The van der Waals surface area contributed by atoms with Gasteiger partial charge in [0.15, 0.2) is 0 Å². The Bertz CT molecular complexity index is 870. The SMILES string of the molecule is COC(=O)[C@@H](CC[S@](=O)c1ccccc1)NC(=O)c1ccccc1NC(C)=O. The summed E-state index contributed by atoms with van der Waals surface area (Å²) >= 11 is 0. The molecule has 0 aliphatic carbocycles. The van der Waals surface area contributed by atoms with Crippen LogP contribution in [0.3, 0.4) is 0 Å². The summed E-state index contributed by atoms with van der Waals surface area (Å²) in [6, 6.07) is 14.4. The van der Waals surface area contributed by atoms with Gasteiger partial charge in [-0.3, -0.25) is 13.8 Å². The van der Waals surface area contributed by atoms with Gasteiger partial charge >= 0.3 is 5.97 Å². The molecule has 0 heterocycles. The van der Waals surface area contributed by atoms with Crippen LogP contribution in [-0.4, -0.2) is 40.9 Å². The molecule has 0 bridgehead atoms. The van der Waals surface area contributed by atoms with Crippen LogP contribution in [0.4, 0.5) is 5.69 Å². The zero-order valence-corrected chi connectivity index (χ0v) is 16.5. The van der Waals surface area contributed by atoms with Crippen molar-refractivity contribution in [1.82, 2.24) is 5.32 Å². The molecule has 0 aliphatic heterocycles. The highest BCUT2D eigenvalue weighted by molar-refractivity contribution is 7.85. The van der Waals surface area contributed by atoms with E-state index in [1.165, 1.54) is 20.1 Å². The first-order chi connectivity index (χ1) is 13.4. The van der Waals surface area contributed by atoms with Gasteiger partial charge in [0, 0.05) is 17.6 Å². The van der Waals surface area contributed by atoms with E-state index >= 15 is 0 Å². The van der Waals surface area contributed by atoms with Gasteiger partial charge in [-0.15, -0.1) is 0 Å². The van der Waals surface area contributed by atoms with Crippen molar-refractivity contribution in [1.29, 1.82) is 0 Å². The lowest BCUT2D eigenvalue weighted by molar-refractivity contribution is -0.142. The Morgan fingerprint density at radius 3 is 2.32 bits per heavy atom. The summed E-state index contributed by atoms with van der Waals surface area (Å²) in [4.78, 5) is 36.7. The minimum Gasteiger partial charge on any atom is -0.467 e. The third-order valence-corrected chi connectivity index (χ3v) is 5.28. The molecule has 8 heteroatoms. The largest absolute Gasteiger partial charge is 0.467 e. The number of para-hydroxylation sites is 1.